The summed E-state index contributed by atoms with van der Waals surface area (Å²) in [5, 5.41) is 13.2. The van der Waals surface area contributed by atoms with Crippen molar-refractivity contribution in [2.75, 3.05) is 18.1 Å². The quantitative estimate of drug-likeness (QED) is 0.889. The van der Waals surface area contributed by atoms with E-state index < -0.39 is 0 Å². The molecule has 1 N–H and O–H groups in total. The lowest BCUT2D eigenvalue weighted by Gasteiger charge is -2.41. The molecular formula is C19H26N2OS2. The fourth-order valence-electron chi connectivity index (χ4n) is 3.01. The van der Waals surface area contributed by atoms with Gasteiger partial charge in [-0.2, -0.15) is 11.8 Å². The maximum atomic E-state index is 9.87. The highest BCUT2D eigenvalue weighted by molar-refractivity contribution is 7.99. The van der Waals surface area contributed by atoms with Gasteiger partial charge in [0.05, 0.1) is 18.8 Å². The van der Waals surface area contributed by atoms with Gasteiger partial charge in [0, 0.05) is 34.4 Å². The molecule has 0 spiro atoms. The van der Waals surface area contributed by atoms with Crippen LogP contribution in [0.3, 0.4) is 0 Å². The second-order valence-electron chi connectivity index (χ2n) is 7.35. The third-order valence-electron chi connectivity index (χ3n) is 4.49. The summed E-state index contributed by atoms with van der Waals surface area (Å²) < 4.78 is 0. The van der Waals surface area contributed by atoms with Crippen molar-refractivity contribution in [3.05, 3.63) is 52.0 Å². The van der Waals surface area contributed by atoms with Gasteiger partial charge < -0.3 is 5.11 Å². The zero-order valence-electron chi connectivity index (χ0n) is 14.6. The molecule has 2 aromatic rings. The van der Waals surface area contributed by atoms with Gasteiger partial charge in [0.1, 0.15) is 5.01 Å². The molecule has 1 aromatic heterocycles. The molecule has 5 heteroatoms. The zero-order chi connectivity index (χ0) is 17.2. The first-order valence-corrected chi connectivity index (χ1v) is 10.5. The van der Waals surface area contributed by atoms with Crippen molar-refractivity contribution >= 4 is 23.1 Å². The number of benzene rings is 1. The first kappa shape index (κ1) is 17.9. The van der Waals surface area contributed by atoms with Gasteiger partial charge in [-0.3, -0.25) is 4.90 Å². The van der Waals surface area contributed by atoms with Crippen LogP contribution in [0.15, 0.2) is 35.7 Å². The molecule has 1 aliphatic heterocycles. The van der Waals surface area contributed by atoms with Crippen LogP contribution in [-0.4, -0.2) is 39.1 Å². The maximum Gasteiger partial charge on any atom is 0.107 e. The van der Waals surface area contributed by atoms with E-state index in [1.54, 1.807) is 11.3 Å². The number of hydrogen-bond acceptors (Lipinski definition) is 5. The topological polar surface area (TPSA) is 36.4 Å². The van der Waals surface area contributed by atoms with Gasteiger partial charge in [0.15, 0.2) is 0 Å². The minimum Gasteiger partial charge on any atom is -0.395 e. The Morgan fingerprint density at radius 1 is 1.21 bits per heavy atom. The third-order valence-corrected chi connectivity index (χ3v) is 6.49. The average molecular weight is 363 g/mol. The van der Waals surface area contributed by atoms with Crippen LogP contribution in [0.5, 0.6) is 0 Å². The van der Waals surface area contributed by atoms with Gasteiger partial charge in [-0.05, 0) is 5.56 Å². The Labute approximate surface area is 153 Å². The number of thiazole rings is 1. The van der Waals surface area contributed by atoms with Crippen molar-refractivity contribution < 1.29 is 5.11 Å². The fraction of sp³-hybridized carbons (Fsp3) is 0.526. The maximum absolute atomic E-state index is 9.87. The first-order chi connectivity index (χ1) is 11.5. The van der Waals surface area contributed by atoms with E-state index in [4.69, 9.17) is 4.98 Å². The van der Waals surface area contributed by atoms with E-state index in [2.05, 4.69) is 61.4 Å². The van der Waals surface area contributed by atoms with Crippen molar-refractivity contribution in [1.29, 1.82) is 0 Å². The zero-order valence-corrected chi connectivity index (χ0v) is 16.2. The molecular weight excluding hydrogens is 336 g/mol. The minimum atomic E-state index is 0.0850. The van der Waals surface area contributed by atoms with Crippen LogP contribution in [0.25, 0.3) is 0 Å². The molecule has 1 fully saturated rings. The second kappa shape index (κ2) is 7.56. The van der Waals surface area contributed by atoms with E-state index in [0.29, 0.717) is 6.04 Å². The van der Waals surface area contributed by atoms with Crippen LogP contribution < -0.4 is 0 Å². The Bertz CT molecular complexity index is 651. The lowest BCUT2D eigenvalue weighted by molar-refractivity contribution is 0.0915. The second-order valence-corrected chi connectivity index (χ2v) is 9.37. The molecule has 1 saturated heterocycles. The summed E-state index contributed by atoms with van der Waals surface area (Å²) >= 11 is 3.67. The highest BCUT2D eigenvalue weighted by Gasteiger charge is 2.32. The van der Waals surface area contributed by atoms with Gasteiger partial charge >= 0.3 is 0 Å². The van der Waals surface area contributed by atoms with E-state index >= 15 is 0 Å². The van der Waals surface area contributed by atoms with Gasteiger partial charge in [-0.15, -0.1) is 11.3 Å². The van der Waals surface area contributed by atoms with Gasteiger partial charge in [-0.1, -0.05) is 51.1 Å². The van der Waals surface area contributed by atoms with Gasteiger partial charge in [0.2, 0.25) is 0 Å². The number of aromatic nitrogens is 1. The molecule has 0 aliphatic carbocycles. The SMILES string of the molecule is CC(C)(C)c1csc(CN2[C@H](CO)CSC[C@H]2c2ccccc2)n1. The highest BCUT2D eigenvalue weighted by Crippen LogP contribution is 2.35. The summed E-state index contributed by atoms with van der Waals surface area (Å²) in [4.78, 5) is 7.30. The Hall–Kier alpha value is -0.880. The third kappa shape index (κ3) is 4.02. The summed E-state index contributed by atoms with van der Waals surface area (Å²) in [6.07, 6.45) is 0. The lowest BCUT2D eigenvalue weighted by atomic mass is 9.93. The van der Waals surface area contributed by atoms with Crippen LogP contribution in [0.2, 0.25) is 0 Å². The van der Waals surface area contributed by atoms with Crippen molar-refractivity contribution in [2.24, 2.45) is 0 Å². The molecule has 0 amide bonds. The smallest absolute Gasteiger partial charge is 0.107 e. The van der Waals surface area contributed by atoms with Crippen LogP contribution in [0, 0.1) is 0 Å². The molecule has 3 rings (SSSR count). The Kier molecular flexibility index (Phi) is 5.65. The number of aliphatic hydroxyl groups is 1. The predicted molar refractivity (Wildman–Crippen MR) is 104 cm³/mol. The molecule has 0 bridgehead atoms. The molecule has 130 valence electrons. The molecule has 2 heterocycles. The van der Waals surface area contributed by atoms with Crippen molar-refractivity contribution in [3.63, 3.8) is 0 Å². The molecule has 1 aromatic carbocycles. The number of hydrogen-bond donors (Lipinski definition) is 1. The number of rotatable bonds is 4. The standard InChI is InChI=1S/C19H26N2OS2/c1-19(2,3)17-13-24-18(20-17)9-21-15(10-22)11-23-12-16(21)14-7-5-4-6-8-14/h4-8,13,15-16,22H,9-12H2,1-3H3/t15-,16+/m1/s1. The van der Waals surface area contributed by atoms with Crippen molar-refractivity contribution in [2.45, 2.75) is 44.8 Å². The van der Waals surface area contributed by atoms with Crippen LogP contribution >= 0.6 is 23.1 Å². The van der Waals surface area contributed by atoms with E-state index in [-0.39, 0.29) is 18.1 Å². The number of nitrogens with zero attached hydrogens (tertiary/aromatic N) is 2. The lowest BCUT2D eigenvalue weighted by Crippen LogP contribution is -2.46. The molecule has 1 aliphatic rings. The predicted octanol–water partition coefficient (Wildman–Crippen LogP) is 4.09. The Balaban J connectivity index is 1.84. The summed E-state index contributed by atoms with van der Waals surface area (Å²) in [5.74, 6) is 2.05. The van der Waals surface area contributed by atoms with E-state index in [1.807, 2.05) is 11.8 Å². The summed E-state index contributed by atoms with van der Waals surface area (Å²) in [6, 6.07) is 11.2. The molecule has 2 atom stereocenters. The molecule has 0 unspecified atom stereocenters. The van der Waals surface area contributed by atoms with Gasteiger partial charge in [-0.25, -0.2) is 4.98 Å². The number of thioether (sulfide) groups is 1. The molecule has 3 nitrogen and oxygen atoms in total. The normalized spacial score (nSPS) is 22.7. The highest BCUT2D eigenvalue weighted by atomic mass is 32.2. The van der Waals surface area contributed by atoms with E-state index in [9.17, 15) is 5.11 Å². The Morgan fingerprint density at radius 2 is 1.96 bits per heavy atom. The average Bonchev–Trinajstić information content (AvgIpc) is 3.05. The summed E-state index contributed by atoms with van der Waals surface area (Å²) in [6.45, 7) is 7.62. The Morgan fingerprint density at radius 3 is 2.58 bits per heavy atom. The van der Waals surface area contributed by atoms with Crippen molar-refractivity contribution in [1.82, 2.24) is 9.88 Å². The summed E-state index contributed by atoms with van der Waals surface area (Å²) in [7, 11) is 0. The van der Waals surface area contributed by atoms with Crippen LogP contribution in [0.4, 0.5) is 0 Å². The van der Waals surface area contributed by atoms with Crippen LogP contribution in [-0.2, 0) is 12.0 Å². The fourth-order valence-corrected chi connectivity index (χ4v) is 5.35. The van der Waals surface area contributed by atoms with Crippen LogP contribution in [0.1, 0.15) is 43.1 Å². The van der Waals surface area contributed by atoms with E-state index in [0.717, 1.165) is 28.8 Å². The van der Waals surface area contributed by atoms with E-state index in [1.165, 1.54) is 5.56 Å². The minimum absolute atomic E-state index is 0.0850. The van der Waals surface area contributed by atoms with Crippen molar-refractivity contribution in [3.8, 4) is 0 Å². The molecule has 0 radical (unpaired) electrons. The summed E-state index contributed by atoms with van der Waals surface area (Å²) in [5.41, 5.74) is 2.57. The monoisotopic (exact) mass is 362 g/mol. The van der Waals surface area contributed by atoms with Gasteiger partial charge in [0.25, 0.3) is 0 Å². The molecule has 0 saturated carbocycles. The first-order valence-electron chi connectivity index (χ1n) is 8.43. The molecule has 24 heavy (non-hydrogen) atoms. The number of aliphatic hydroxyl groups excluding tert-OH is 1. The largest absolute Gasteiger partial charge is 0.395 e.